The number of carbonyl (C=O) groups is 2. The van der Waals surface area contributed by atoms with Crippen molar-refractivity contribution < 1.29 is 90.6 Å². The maximum Gasteiger partial charge on any atom is 0.472 e. The number of unbranched alkanes of at least 4 members (excludes halogenated alkanes) is 8. The van der Waals surface area contributed by atoms with Gasteiger partial charge in [0.25, 0.3) is 0 Å². The smallest absolute Gasteiger partial charge is 0.462 e. The predicted molar refractivity (Wildman–Crippen MR) is 160 cm³/mol. The molecule has 8 unspecified atom stereocenters. The van der Waals surface area contributed by atoms with Crippen molar-refractivity contribution in [3.8, 4) is 0 Å². The quantitative estimate of drug-likeness (QED) is 0.0396. The number of phosphoric ester groups is 3. The van der Waals surface area contributed by atoms with E-state index in [4.69, 9.17) is 28.3 Å². The van der Waals surface area contributed by atoms with Crippen LogP contribution in [0.25, 0.3) is 0 Å². The Labute approximate surface area is 272 Å². The average Bonchev–Trinajstić information content (AvgIpc) is 2.96. The van der Waals surface area contributed by atoms with Gasteiger partial charge >= 0.3 is 35.4 Å². The first-order valence-electron chi connectivity index (χ1n) is 15.3. The highest BCUT2D eigenvalue weighted by molar-refractivity contribution is 7.47. The largest absolute Gasteiger partial charge is 0.472 e. The number of esters is 2. The molecule has 1 fully saturated rings. The lowest BCUT2D eigenvalue weighted by atomic mass is 9.85. The van der Waals surface area contributed by atoms with Crippen LogP contribution in [0.2, 0.25) is 0 Å². The lowest BCUT2D eigenvalue weighted by molar-refractivity contribution is -0.213. The first-order valence-corrected chi connectivity index (χ1v) is 19.9. The van der Waals surface area contributed by atoms with Crippen molar-refractivity contribution in [2.75, 3.05) is 13.2 Å². The monoisotopic (exact) mass is 746 g/mol. The van der Waals surface area contributed by atoms with Crippen LogP contribution in [0, 0.1) is 0 Å². The van der Waals surface area contributed by atoms with Gasteiger partial charge in [0.1, 0.15) is 43.2 Å². The standard InChI is InChI=1S/C25H49O19P3/c1-3-5-7-9-11-13-18(26)39-15-17(41-19(27)14-12-10-8-6-4-2)16-40-47(37,38)44-23-20(28)21(29)24(42-45(31,32)33)25(22(23)30)43-46(34,35)36/h17,20-25,28-30H,3-16H2,1-2H3,(H,37,38)(H2,31,32,33)(H2,34,35,36). The van der Waals surface area contributed by atoms with E-state index in [9.17, 15) is 53.3 Å². The van der Waals surface area contributed by atoms with Crippen molar-refractivity contribution in [2.45, 2.75) is 134 Å². The van der Waals surface area contributed by atoms with Gasteiger partial charge in [-0.15, -0.1) is 0 Å². The zero-order valence-corrected chi connectivity index (χ0v) is 29.0. The molecule has 0 spiro atoms. The molecule has 1 rings (SSSR count). The molecule has 0 saturated heterocycles. The Kier molecular flexibility index (Phi) is 20.1. The van der Waals surface area contributed by atoms with Crippen molar-refractivity contribution in [1.82, 2.24) is 0 Å². The Morgan fingerprint density at radius 2 is 1.04 bits per heavy atom. The normalized spacial score (nSPS) is 25.6. The van der Waals surface area contributed by atoms with Crippen LogP contribution in [0.4, 0.5) is 0 Å². The van der Waals surface area contributed by atoms with E-state index in [1.807, 2.05) is 13.8 Å². The third kappa shape index (κ3) is 18.6. The number of hydrogen-bond acceptors (Lipinski definition) is 14. The van der Waals surface area contributed by atoms with Gasteiger partial charge in [-0.1, -0.05) is 65.2 Å². The topological polar surface area (TPSA) is 303 Å². The highest BCUT2D eigenvalue weighted by Crippen LogP contribution is 2.51. The Morgan fingerprint density at radius 1 is 0.596 bits per heavy atom. The average molecular weight is 747 g/mol. The Bertz CT molecular complexity index is 1080. The first kappa shape index (κ1) is 44.2. The zero-order valence-electron chi connectivity index (χ0n) is 26.4. The Morgan fingerprint density at radius 3 is 1.53 bits per heavy atom. The zero-order chi connectivity index (χ0) is 35.8. The predicted octanol–water partition coefficient (Wildman–Crippen LogP) is 1.72. The minimum atomic E-state index is -5.57. The van der Waals surface area contributed by atoms with Gasteiger partial charge in [-0.3, -0.25) is 27.7 Å². The van der Waals surface area contributed by atoms with Gasteiger partial charge in [0.05, 0.1) is 6.61 Å². The third-order valence-electron chi connectivity index (χ3n) is 6.91. The maximum absolute atomic E-state index is 12.8. The van der Waals surface area contributed by atoms with Crippen LogP contribution in [-0.4, -0.2) is 108 Å². The highest BCUT2D eigenvalue weighted by Gasteiger charge is 2.56. The number of hydrogen-bond donors (Lipinski definition) is 8. The second-order valence-electron chi connectivity index (χ2n) is 11.1. The van der Waals surface area contributed by atoms with Crippen LogP contribution in [0.15, 0.2) is 0 Å². The van der Waals surface area contributed by atoms with E-state index in [1.54, 1.807) is 0 Å². The molecular formula is C25H49O19P3. The van der Waals surface area contributed by atoms with Gasteiger partial charge in [0.2, 0.25) is 0 Å². The summed E-state index contributed by atoms with van der Waals surface area (Å²) in [4.78, 5) is 71.6. The molecule has 0 bridgehead atoms. The van der Waals surface area contributed by atoms with Crippen molar-refractivity contribution in [3.63, 3.8) is 0 Å². The number of ether oxygens (including phenoxy) is 2. The molecule has 1 aliphatic rings. The van der Waals surface area contributed by atoms with E-state index in [0.717, 1.165) is 51.4 Å². The fourth-order valence-electron chi connectivity index (χ4n) is 4.58. The Hall–Kier alpha value is -0.850. The fraction of sp³-hybridized carbons (Fsp3) is 0.920. The van der Waals surface area contributed by atoms with E-state index in [-0.39, 0.29) is 12.8 Å². The molecule has 8 N–H and O–H groups in total. The van der Waals surface area contributed by atoms with Crippen LogP contribution in [0.3, 0.4) is 0 Å². The van der Waals surface area contributed by atoms with Gasteiger partial charge in [0.15, 0.2) is 6.10 Å². The first-order chi connectivity index (χ1) is 21.8. The lowest BCUT2D eigenvalue weighted by Gasteiger charge is -2.44. The molecule has 47 heavy (non-hydrogen) atoms. The molecule has 0 radical (unpaired) electrons. The van der Waals surface area contributed by atoms with Gasteiger partial charge in [-0.25, -0.2) is 13.7 Å². The summed E-state index contributed by atoms with van der Waals surface area (Å²) in [5, 5.41) is 31.4. The van der Waals surface area contributed by atoms with E-state index in [0.29, 0.717) is 12.8 Å². The summed E-state index contributed by atoms with van der Waals surface area (Å²) in [5.74, 6) is -1.33. The van der Waals surface area contributed by atoms with Gasteiger partial charge < -0.3 is 49.3 Å². The second kappa shape index (κ2) is 21.4. The Balaban J connectivity index is 2.98. The van der Waals surface area contributed by atoms with E-state index in [2.05, 4.69) is 9.05 Å². The van der Waals surface area contributed by atoms with Gasteiger partial charge in [-0.05, 0) is 12.8 Å². The molecule has 1 aliphatic carbocycles. The molecule has 1 saturated carbocycles. The molecule has 0 aromatic carbocycles. The third-order valence-corrected chi connectivity index (χ3v) is 8.94. The SMILES string of the molecule is CCCCCCCC(=O)OCC(COP(=O)(O)OC1C(O)C(O)C(OP(=O)(O)O)C(OP(=O)(O)O)C1O)OC(=O)CCCCCCC. The van der Waals surface area contributed by atoms with E-state index >= 15 is 0 Å². The summed E-state index contributed by atoms with van der Waals surface area (Å²) in [6.45, 7) is 2.59. The van der Waals surface area contributed by atoms with Gasteiger partial charge in [0, 0.05) is 12.8 Å². The van der Waals surface area contributed by atoms with Crippen molar-refractivity contribution in [1.29, 1.82) is 0 Å². The van der Waals surface area contributed by atoms with Crippen molar-refractivity contribution >= 4 is 35.4 Å². The molecule has 0 aromatic heterocycles. The highest BCUT2D eigenvalue weighted by atomic mass is 31.2. The van der Waals surface area contributed by atoms with Gasteiger partial charge in [-0.2, -0.15) is 0 Å². The number of aliphatic hydroxyl groups excluding tert-OH is 3. The molecule has 0 amide bonds. The van der Waals surface area contributed by atoms with E-state index in [1.165, 1.54) is 0 Å². The van der Waals surface area contributed by atoms with Crippen molar-refractivity contribution in [2.24, 2.45) is 0 Å². The van der Waals surface area contributed by atoms with Crippen LogP contribution in [-0.2, 0) is 50.9 Å². The number of aliphatic hydroxyl groups is 3. The van der Waals surface area contributed by atoms with Crippen molar-refractivity contribution in [3.05, 3.63) is 0 Å². The number of phosphoric acid groups is 3. The minimum Gasteiger partial charge on any atom is -0.462 e. The number of rotatable bonds is 24. The van der Waals surface area contributed by atoms with Crippen LogP contribution in [0.1, 0.15) is 90.9 Å². The number of carbonyl (C=O) groups excluding carboxylic acids is 2. The maximum atomic E-state index is 12.8. The van der Waals surface area contributed by atoms with Crippen LogP contribution < -0.4 is 0 Å². The minimum absolute atomic E-state index is 0.00394. The summed E-state index contributed by atoms with van der Waals surface area (Å²) in [6, 6.07) is 0. The fourth-order valence-corrected chi connectivity index (χ4v) is 6.68. The second-order valence-corrected chi connectivity index (χ2v) is 14.8. The summed E-state index contributed by atoms with van der Waals surface area (Å²) in [7, 11) is -16.5. The molecule has 8 atom stereocenters. The molecule has 0 aliphatic heterocycles. The summed E-state index contributed by atoms with van der Waals surface area (Å²) in [5.41, 5.74) is 0. The molecule has 278 valence electrons. The van der Waals surface area contributed by atoms with Crippen LogP contribution >= 0.6 is 23.5 Å². The lowest BCUT2D eigenvalue weighted by Crippen LogP contribution is -2.65. The molecular weight excluding hydrogens is 697 g/mol. The van der Waals surface area contributed by atoms with E-state index < -0.39 is 91.3 Å². The summed E-state index contributed by atoms with van der Waals surface area (Å²) >= 11 is 0. The molecule has 0 aromatic rings. The molecule has 19 nitrogen and oxygen atoms in total. The molecule has 0 heterocycles. The summed E-state index contributed by atoms with van der Waals surface area (Å²) in [6.07, 6.45) is -7.79. The van der Waals surface area contributed by atoms with Crippen LogP contribution in [0.5, 0.6) is 0 Å². The molecule has 22 heteroatoms. The summed E-state index contributed by atoms with van der Waals surface area (Å²) < 4.78 is 64.2.